The van der Waals surface area contributed by atoms with Crippen LogP contribution in [0.3, 0.4) is 0 Å². The molecule has 0 aliphatic heterocycles. The van der Waals surface area contributed by atoms with E-state index in [0.29, 0.717) is 5.31 Å². The highest BCUT2D eigenvalue weighted by atomic mass is 31.2. The summed E-state index contributed by atoms with van der Waals surface area (Å²) >= 11 is 0. The Morgan fingerprint density at radius 3 is 1.69 bits per heavy atom. The Morgan fingerprint density at radius 1 is 0.615 bits per heavy atom. The minimum absolute atomic E-state index is 0.667. The summed E-state index contributed by atoms with van der Waals surface area (Å²) in [6.45, 7) is 4.29. The van der Waals surface area contributed by atoms with Crippen molar-refractivity contribution in [3.8, 4) is 0 Å². The molecule has 0 aliphatic carbocycles. The summed E-state index contributed by atoms with van der Waals surface area (Å²) in [4.78, 5) is 0. The zero-order valence-electron chi connectivity index (χ0n) is 14.4. The van der Waals surface area contributed by atoms with Gasteiger partial charge in [0.1, 0.15) is 0 Å². The van der Waals surface area contributed by atoms with E-state index in [9.17, 15) is 4.57 Å². The van der Waals surface area contributed by atoms with E-state index in [1.807, 2.05) is 78.9 Å². The van der Waals surface area contributed by atoms with E-state index < -0.39 is 7.14 Å². The molecule has 0 bridgehead atoms. The van der Waals surface area contributed by atoms with Crippen molar-refractivity contribution < 1.29 is 4.57 Å². The largest absolute Gasteiger partial charge is 0.309 e. The van der Waals surface area contributed by atoms with Crippen LogP contribution in [0.25, 0.3) is 16.1 Å². The van der Waals surface area contributed by atoms with Gasteiger partial charge in [-0.25, -0.2) is 0 Å². The lowest BCUT2D eigenvalue weighted by atomic mass is 10.1. The lowest BCUT2D eigenvalue weighted by molar-refractivity contribution is 0.593. The van der Waals surface area contributed by atoms with Crippen LogP contribution in [0, 0.1) is 0 Å². The second kappa shape index (κ2) is 6.78. The Bertz CT molecular complexity index is 1070. The maximum atomic E-state index is 14.4. The molecule has 4 aromatic carbocycles. The second-order valence-electron chi connectivity index (χ2n) is 6.29. The molecule has 2 heteroatoms. The van der Waals surface area contributed by atoms with Gasteiger partial charge in [0.25, 0.3) is 0 Å². The smallest absolute Gasteiger partial charge is 0.171 e. The third-order valence-electron chi connectivity index (χ3n) is 4.70. The number of rotatable bonds is 4. The van der Waals surface area contributed by atoms with Crippen molar-refractivity contribution >= 4 is 33.8 Å². The first-order valence-electron chi connectivity index (χ1n) is 8.59. The molecule has 0 amide bonds. The summed E-state index contributed by atoms with van der Waals surface area (Å²) in [5.41, 5.74) is 0.916. The van der Waals surface area contributed by atoms with E-state index in [0.717, 1.165) is 21.6 Å². The molecule has 4 aromatic rings. The predicted molar refractivity (Wildman–Crippen MR) is 113 cm³/mol. The third kappa shape index (κ3) is 2.81. The summed E-state index contributed by atoms with van der Waals surface area (Å²) in [6.07, 6.45) is 0. The number of fused-ring (bicyclic) bond motifs is 1. The lowest BCUT2D eigenvalue weighted by Crippen LogP contribution is -2.16. The molecule has 0 spiro atoms. The number of benzene rings is 4. The van der Waals surface area contributed by atoms with Crippen LogP contribution in [-0.4, -0.2) is 0 Å². The van der Waals surface area contributed by atoms with Crippen LogP contribution in [0.1, 0.15) is 5.56 Å². The van der Waals surface area contributed by atoms with E-state index in [1.165, 1.54) is 5.39 Å². The molecule has 0 atom stereocenters. The van der Waals surface area contributed by atoms with Gasteiger partial charge in [0.05, 0.1) is 0 Å². The van der Waals surface area contributed by atoms with Crippen molar-refractivity contribution in [2.75, 3.05) is 0 Å². The van der Waals surface area contributed by atoms with Crippen LogP contribution in [0.2, 0.25) is 0 Å². The van der Waals surface area contributed by atoms with Gasteiger partial charge in [0.2, 0.25) is 0 Å². The quantitative estimate of drug-likeness (QED) is 0.422. The Labute approximate surface area is 154 Å². The molecule has 126 valence electrons. The second-order valence-corrected chi connectivity index (χ2v) is 9.08. The van der Waals surface area contributed by atoms with Gasteiger partial charge in [-0.2, -0.15) is 0 Å². The maximum absolute atomic E-state index is 14.4. The van der Waals surface area contributed by atoms with Gasteiger partial charge in [-0.1, -0.05) is 104 Å². The summed E-state index contributed by atoms with van der Waals surface area (Å²) in [6, 6.07) is 33.7. The fourth-order valence-electron chi connectivity index (χ4n) is 3.29. The van der Waals surface area contributed by atoms with E-state index in [1.54, 1.807) is 0 Å². The molecule has 1 nitrogen and oxygen atoms in total. The first kappa shape index (κ1) is 16.6. The highest BCUT2D eigenvalue weighted by Crippen LogP contribution is 2.55. The van der Waals surface area contributed by atoms with Crippen LogP contribution in [-0.2, 0) is 4.57 Å². The van der Waals surface area contributed by atoms with Crippen molar-refractivity contribution in [3.63, 3.8) is 0 Å². The van der Waals surface area contributed by atoms with Crippen LogP contribution in [0.5, 0.6) is 0 Å². The average molecular weight is 354 g/mol. The summed E-state index contributed by atoms with van der Waals surface area (Å²) in [7, 11) is -3.01. The fourth-order valence-corrected chi connectivity index (χ4v) is 5.90. The molecule has 0 aromatic heterocycles. The van der Waals surface area contributed by atoms with Gasteiger partial charge in [-0.3, -0.25) is 0 Å². The molecule has 0 saturated carbocycles. The van der Waals surface area contributed by atoms with Crippen molar-refractivity contribution in [1.29, 1.82) is 0 Å². The van der Waals surface area contributed by atoms with Crippen LogP contribution >= 0.6 is 7.14 Å². The molecule has 4 rings (SSSR count). The highest BCUT2D eigenvalue weighted by molar-refractivity contribution is 7.87. The van der Waals surface area contributed by atoms with Gasteiger partial charge in [0.15, 0.2) is 7.14 Å². The Hall–Kier alpha value is -2.89. The first-order chi connectivity index (χ1) is 12.7. The van der Waals surface area contributed by atoms with Crippen LogP contribution in [0.4, 0.5) is 0 Å². The monoisotopic (exact) mass is 354 g/mol. The number of hydrogen-bond acceptors (Lipinski definition) is 1. The van der Waals surface area contributed by atoms with Crippen molar-refractivity contribution in [1.82, 2.24) is 0 Å². The molecule has 0 fully saturated rings. The maximum Gasteiger partial charge on any atom is 0.171 e. The molecule has 0 unspecified atom stereocenters. The molecule has 0 N–H and O–H groups in total. The average Bonchev–Trinajstić information content (AvgIpc) is 2.73. The van der Waals surface area contributed by atoms with Gasteiger partial charge < -0.3 is 4.57 Å². The molecular formula is C24H19OP. The zero-order chi connectivity index (χ0) is 18.0. The van der Waals surface area contributed by atoms with Crippen LogP contribution in [0.15, 0.2) is 110 Å². The van der Waals surface area contributed by atoms with Crippen LogP contribution < -0.4 is 10.6 Å². The van der Waals surface area contributed by atoms with Crippen molar-refractivity contribution in [2.45, 2.75) is 0 Å². The normalized spacial score (nSPS) is 11.4. The van der Waals surface area contributed by atoms with Gasteiger partial charge in [0, 0.05) is 15.9 Å². The summed E-state index contributed by atoms with van der Waals surface area (Å²) < 4.78 is 14.4. The molecule has 0 saturated heterocycles. The van der Waals surface area contributed by atoms with E-state index in [-0.39, 0.29) is 0 Å². The van der Waals surface area contributed by atoms with E-state index in [2.05, 4.69) is 30.8 Å². The predicted octanol–water partition coefficient (Wildman–Crippen LogP) is 5.82. The lowest BCUT2D eigenvalue weighted by Gasteiger charge is -2.22. The summed E-state index contributed by atoms with van der Waals surface area (Å²) in [5, 5.41) is 4.58. The molecule has 0 heterocycles. The minimum atomic E-state index is -3.01. The SMILES string of the molecule is C=C(c1ccc2ccccc2c1)P(=O)(c1ccccc1)c1ccccc1. The van der Waals surface area contributed by atoms with Gasteiger partial charge in [-0.15, -0.1) is 0 Å². The third-order valence-corrected chi connectivity index (χ3v) is 7.77. The number of hydrogen-bond donors (Lipinski definition) is 0. The molecule has 0 radical (unpaired) electrons. The summed E-state index contributed by atoms with van der Waals surface area (Å²) in [5.74, 6) is 0. The Morgan fingerprint density at radius 2 is 1.12 bits per heavy atom. The molecule has 0 aliphatic rings. The Kier molecular flexibility index (Phi) is 4.32. The van der Waals surface area contributed by atoms with Crippen molar-refractivity contribution in [2.24, 2.45) is 0 Å². The van der Waals surface area contributed by atoms with E-state index in [4.69, 9.17) is 0 Å². The molecular weight excluding hydrogens is 335 g/mol. The van der Waals surface area contributed by atoms with Crippen molar-refractivity contribution in [3.05, 3.63) is 115 Å². The zero-order valence-corrected chi connectivity index (χ0v) is 15.3. The van der Waals surface area contributed by atoms with Gasteiger partial charge >= 0.3 is 0 Å². The molecule has 26 heavy (non-hydrogen) atoms. The van der Waals surface area contributed by atoms with Gasteiger partial charge in [-0.05, 0) is 22.4 Å². The highest BCUT2D eigenvalue weighted by Gasteiger charge is 2.31. The Balaban J connectivity index is 1.91. The topological polar surface area (TPSA) is 17.1 Å². The first-order valence-corrected chi connectivity index (χ1v) is 10.3. The fraction of sp³-hybridized carbons (Fsp3) is 0. The standard InChI is InChI=1S/C24H19OP/c1-19(21-17-16-20-10-8-9-11-22(20)18-21)26(25,23-12-4-2-5-13-23)24-14-6-3-7-15-24/h2-18H,1H2. The minimum Gasteiger partial charge on any atom is -0.309 e. The van der Waals surface area contributed by atoms with E-state index >= 15 is 0 Å².